The molecule has 0 bridgehead atoms. The number of hydrogen-bond donors (Lipinski definition) is 4. The average Bonchev–Trinajstić information content (AvgIpc) is 3.15. The van der Waals surface area contributed by atoms with Gasteiger partial charge in [0.15, 0.2) is 0 Å². The fourth-order valence-corrected chi connectivity index (χ4v) is 4.04. The number of carboxylic acid groups (broad SMARTS) is 1. The molecule has 34 heavy (non-hydrogen) atoms. The number of anilines is 1. The number of carboxylic acids is 1. The lowest BCUT2D eigenvalue weighted by Gasteiger charge is -2.19. The summed E-state index contributed by atoms with van der Waals surface area (Å²) in [7, 11) is 0. The Kier molecular flexibility index (Phi) is 6.72. The van der Waals surface area contributed by atoms with Crippen LogP contribution >= 0.6 is 0 Å². The fraction of sp³-hybridized carbons (Fsp3) is 0.200. The largest absolute Gasteiger partial charge is 0.481 e. The van der Waals surface area contributed by atoms with Gasteiger partial charge in [-0.05, 0) is 34.7 Å². The Labute approximate surface area is 194 Å². The number of benzene rings is 2. The molecular weight excluding hydrogens is 438 g/mol. The minimum Gasteiger partial charge on any atom is -0.481 e. The van der Waals surface area contributed by atoms with E-state index in [9.17, 15) is 19.2 Å². The molecule has 1 aromatic heterocycles. The number of aromatic amines is 1. The van der Waals surface area contributed by atoms with Crippen molar-refractivity contribution in [3.8, 4) is 11.1 Å². The van der Waals surface area contributed by atoms with Crippen LogP contribution in [0.3, 0.4) is 0 Å². The zero-order chi connectivity index (χ0) is 24.1. The summed E-state index contributed by atoms with van der Waals surface area (Å²) in [6.07, 6.45) is 0.0259. The first-order valence-electron chi connectivity index (χ1n) is 10.8. The number of carbonyl (C=O) groups excluding carboxylic acids is 2. The van der Waals surface area contributed by atoms with Crippen molar-refractivity contribution in [3.05, 3.63) is 88.3 Å². The summed E-state index contributed by atoms with van der Waals surface area (Å²) in [6.45, 7) is 0.0626. The lowest BCUT2D eigenvalue weighted by atomic mass is 9.98. The molecule has 1 aliphatic rings. The zero-order valence-corrected chi connectivity index (χ0v) is 18.1. The molecule has 1 aliphatic carbocycles. The molecule has 4 N–H and O–H groups in total. The van der Waals surface area contributed by atoms with Gasteiger partial charge in [0.2, 0.25) is 11.5 Å². The van der Waals surface area contributed by atoms with E-state index in [1.54, 1.807) is 0 Å². The first kappa shape index (κ1) is 22.8. The number of aliphatic carboxylic acids is 1. The summed E-state index contributed by atoms with van der Waals surface area (Å²) in [5.74, 6) is -1.87. The topological polar surface area (TPSA) is 138 Å². The predicted octanol–water partition coefficient (Wildman–Crippen LogP) is 3.09. The molecule has 0 aliphatic heterocycles. The Hall–Kier alpha value is -4.40. The van der Waals surface area contributed by atoms with Crippen LogP contribution in [0.15, 0.2) is 71.7 Å². The Morgan fingerprint density at radius 3 is 2.21 bits per heavy atom. The molecule has 1 unspecified atom stereocenters. The maximum Gasteiger partial charge on any atom is 0.407 e. The number of pyridine rings is 1. The molecule has 0 radical (unpaired) electrons. The van der Waals surface area contributed by atoms with Crippen molar-refractivity contribution in [2.24, 2.45) is 0 Å². The highest BCUT2D eigenvalue weighted by Crippen LogP contribution is 2.44. The van der Waals surface area contributed by atoms with Crippen molar-refractivity contribution in [1.82, 2.24) is 10.3 Å². The average molecular weight is 461 g/mol. The number of amides is 2. The number of alkyl carbamates (subject to hydrolysis) is 1. The molecule has 3 aromatic rings. The lowest BCUT2D eigenvalue weighted by molar-refractivity contribution is -0.137. The van der Waals surface area contributed by atoms with Crippen LogP contribution in [0.4, 0.5) is 10.5 Å². The summed E-state index contributed by atoms with van der Waals surface area (Å²) in [4.78, 5) is 49.9. The van der Waals surface area contributed by atoms with Crippen LogP contribution < -0.4 is 16.2 Å². The molecule has 174 valence electrons. The Balaban J connectivity index is 1.42. The van der Waals surface area contributed by atoms with Crippen LogP contribution in [0.1, 0.15) is 29.9 Å². The summed E-state index contributed by atoms with van der Waals surface area (Å²) >= 11 is 0. The molecule has 2 amide bonds. The van der Waals surface area contributed by atoms with Gasteiger partial charge in [0.05, 0.1) is 5.69 Å². The van der Waals surface area contributed by atoms with Crippen LogP contribution in [0.25, 0.3) is 11.1 Å². The van der Waals surface area contributed by atoms with Gasteiger partial charge in [0.1, 0.15) is 12.6 Å². The highest BCUT2D eigenvalue weighted by atomic mass is 16.5. The normalized spacial score (nSPS) is 12.8. The van der Waals surface area contributed by atoms with E-state index in [-0.39, 0.29) is 30.9 Å². The van der Waals surface area contributed by atoms with E-state index in [4.69, 9.17) is 9.84 Å². The molecule has 1 atom stereocenters. The Morgan fingerprint density at radius 2 is 1.62 bits per heavy atom. The van der Waals surface area contributed by atoms with Gasteiger partial charge in [-0.3, -0.25) is 14.4 Å². The quantitative estimate of drug-likeness (QED) is 0.407. The minimum absolute atomic E-state index is 0.0626. The van der Waals surface area contributed by atoms with Crippen LogP contribution in [0.2, 0.25) is 0 Å². The monoisotopic (exact) mass is 461 g/mol. The molecule has 0 saturated carbocycles. The third-order valence-electron chi connectivity index (χ3n) is 5.65. The third kappa shape index (κ3) is 5.15. The van der Waals surface area contributed by atoms with Gasteiger partial charge in [-0.15, -0.1) is 0 Å². The number of fused-ring (bicyclic) bond motifs is 3. The van der Waals surface area contributed by atoms with E-state index in [0.717, 1.165) is 22.3 Å². The van der Waals surface area contributed by atoms with E-state index in [1.165, 1.54) is 18.3 Å². The van der Waals surface area contributed by atoms with Crippen molar-refractivity contribution >= 4 is 23.7 Å². The molecule has 0 saturated heterocycles. The number of H-pyrrole nitrogens is 1. The van der Waals surface area contributed by atoms with Gasteiger partial charge < -0.3 is 25.5 Å². The van der Waals surface area contributed by atoms with Crippen molar-refractivity contribution in [2.75, 3.05) is 11.9 Å². The van der Waals surface area contributed by atoms with Crippen LogP contribution in [-0.2, 0) is 14.3 Å². The summed E-state index contributed by atoms with van der Waals surface area (Å²) in [6, 6.07) is 17.3. The molecule has 0 spiro atoms. The highest BCUT2D eigenvalue weighted by Gasteiger charge is 2.30. The second kappa shape index (κ2) is 10.0. The van der Waals surface area contributed by atoms with Gasteiger partial charge >= 0.3 is 12.1 Å². The molecule has 9 nitrogen and oxygen atoms in total. The van der Waals surface area contributed by atoms with Crippen LogP contribution in [0, 0.1) is 0 Å². The molecule has 1 heterocycles. The smallest absolute Gasteiger partial charge is 0.407 e. The number of carbonyl (C=O) groups is 3. The standard InChI is InChI=1S/C25H23N3O6/c29-22-11-9-15(13-26-22)27-24(32)21(10-12-23(30)31)28-25(33)34-14-20-18-7-3-1-5-16(18)17-6-2-4-8-19(17)20/h1-9,11,13,20-21H,10,12,14H2,(H,26,29)(H,27,32)(H,28,33)(H,30,31). The van der Waals surface area contributed by atoms with Gasteiger partial charge in [-0.1, -0.05) is 48.5 Å². The van der Waals surface area contributed by atoms with E-state index < -0.39 is 24.0 Å². The van der Waals surface area contributed by atoms with Crippen molar-refractivity contribution in [3.63, 3.8) is 0 Å². The summed E-state index contributed by atoms with van der Waals surface area (Å²) < 4.78 is 5.47. The SMILES string of the molecule is O=C(O)CCC(NC(=O)OCC1c2ccccc2-c2ccccc21)C(=O)Nc1ccc(=O)[nH]c1. The van der Waals surface area contributed by atoms with E-state index >= 15 is 0 Å². The predicted molar refractivity (Wildman–Crippen MR) is 125 cm³/mol. The minimum atomic E-state index is -1.14. The first-order valence-corrected chi connectivity index (χ1v) is 10.8. The molecular formula is C25H23N3O6. The number of hydrogen-bond acceptors (Lipinski definition) is 5. The summed E-state index contributed by atoms with van der Waals surface area (Å²) in [5, 5.41) is 14.0. The highest BCUT2D eigenvalue weighted by molar-refractivity contribution is 5.96. The molecule has 9 heteroatoms. The van der Waals surface area contributed by atoms with Gasteiger partial charge in [0.25, 0.3) is 0 Å². The number of rotatable bonds is 8. The first-order chi connectivity index (χ1) is 16.4. The number of ether oxygens (including phenoxy) is 1. The van der Waals surface area contributed by atoms with Crippen LogP contribution in [0.5, 0.6) is 0 Å². The Bertz CT molecular complexity index is 1220. The van der Waals surface area contributed by atoms with E-state index in [0.29, 0.717) is 5.69 Å². The molecule has 2 aromatic carbocycles. The van der Waals surface area contributed by atoms with Gasteiger partial charge in [-0.2, -0.15) is 0 Å². The van der Waals surface area contributed by atoms with Crippen molar-refractivity contribution < 1.29 is 24.2 Å². The van der Waals surface area contributed by atoms with Crippen LogP contribution in [-0.4, -0.2) is 40.7 Å². The van der Waals surface area contributed by atoms with Gasteiger partial charge in [0, 0.05) is 24.6 Å². The molecule has 0 fully saturated rings. The van der Waals surface area contributed by atoms with E-state index in [1.807, 2.05) is 48.5 Å². The Morgan fingerprint density at radius 1 is 0.971 bits per heavy atom. The second-order valence-electron chi connectivity index (χ2n) is 7.89. The van der Waals surface area contributed by atoms with E-state index in [2.05, 4.69) is 15.6 Å². The maximum atomic E-state index is 12.7. The van der Waals surface area contributed by atoms with Crippen molar-refractivity contribution in [2.45, 2.75) is 24.8 Å². The fourth-order valence-electron chi connectivity index (χ4n) is 4.04. The van der Waals surface area contributed by atoms with Gasteiger partial charge in [-0.25, -0.2) is 4.79 Å². The maximum absolute atomic E-state index is 12.7. The zero-order valence-electron chi connectivity index (χ0n) is 18.1. The number of nitrogens with one attached hydrogen (secondary N) is 3. The van der Waals surface area contributed by atoms with Crippen molar-refractivity contribution in [1.29, 1.82) is 0 Å². The lowest BCUT2D eigenvalue weighted by Crippen LogP contribution is -2.44. The third-order valence-corrected chi connectivity index (χ3v) is 5.65. The molecule has 4 rings (SSSR count). The number of aromatic nitrogens is 1. The summed E-state index contributed by atoms with van der Waals surface area (Å²) in [5.41, 5.74) is 4.25. The second-order valence-corrected chi connectivity index (χ2v) is 7.89.